The van der Waals surface area contributed by atoms with Crippen LogP contribution in [0.25, 0.3) is 0 Å². The Labute approximate surface area is 145 Å². The maximum Gasteiger partial charge on any atom is 0.273 e. The van der Waals surface area contributed by atoms with E-state index in [2.05, 4.69) is 0 Å². The molecule has 0 aromatic heterocycles. The quantitative estimate of drug-likeness (QED) is 0.600. The van der Waals surface area contributed by atoms with Crippen LogP contribution in [0.3, 0.4) is 0 Å². The first-order valence-corrected chi connectivity index (χ1v) is 8.98. The van der Waals surface area contributed by atoms with Crippen LogP contribution in [0.1, 0.15) is 29.8 Å². The fourth-order valence-electron chi connectivity index (χ4n) is 2.70. The minimum Gasteiger partial charge on any atom is -0.341 e. The molecule has 0 spiro atoms. The molecule has 2 rings (SSSR count). The van der Waals surface area contributed by atoms with Crippen molar-refractivity contribution in [2.45, 2.75) is 26.8 Å². The van der Waals surface area contributed by atoms with E-state index < -0.39 is 11.0 Å². The summed E-state index contributed by atoms with van der Waals surface area (Å²) in [6, 6.07) is 3.92. The number of nitro benzene ring substituents is 1. The van der Waals surface area contributed by atoms with Gasteiger partial charge >= 0.3 is 0 Å². The third kappa shape index (κ3) is 3.53. The van der Waals surface area contributed by atoms with Gasteiger partial charge in [-0.15, -0.1) is 11.8 Å². The van der Waals surface area contributed by atoms with Crippen molar-refractivity contribution in [3.05, 3.63) is 39.4 Å². The zero-order chi connectivity index (χ0) is 17.9. The Bertz CT molecular complexity index is 661. The van der Waals surface area contributed by atoms with E-state index in [0.717, 1.165) is 0 Å². The van der Waals surface area contributed by atoms with E-state index in [0.29, 0.717) is 30.3 Å². The number of carbonyl (C=O) groups is 2. The largest absolute Gasteiger partial charge is 0.341 e. The highest BCUT2D eigenvalue weighted by atomic mass is 32.2. The van der Waals surface area contributed by atoms with Gasteiger partial charge in [-0.1, -0.05) is 6.07 Å². The van der Waals surface area contributed by atoms with Crippen LogP contribution in [0.15, 0.2) is 18.2 Å². The normalized spacial score (nSPS) is 17.0. The highest BCUT2D eigenvalue weighted by molar-refractivity contribution is 7.99. The summed E-state index contributed by atoms with van der Waals surface area (Å²) in [6.45, 7) is 6.62. The molecule has 0 saturated carbocycles. The smallest absolute Gasteiger partial charge is 0.273 e. The molecule has 1 unspecified atom stereocenters. The molecule has 7 nitrogen and oxygen atoms in total. The molecule has 1 aromatic rings. The predicted octanol–water partition coefficient (Wildman–Crippen LogP) is 2.29. The lowest BCUT2D eigenvalue weighted by molar-refractivity contribution is -0.385. The Morgan fingerprint density at radius 3 is 2.62 bits per heavy atom. The van der Waals surface area contributed by atoms with Crippen LogP contribution < -0.4 is 0 Å². The average molecular weight is 351 g/mol. The van der Waals surface area contributed by atoms with E-state index in [1.54, 1.807) is 24.0 Å². The lowest BCUT2D eigenvalue weighted by Gasteiger charge is -2.28. The zero-order valence-electron chi connectivity index (χ0n) is 14.0. The molecule has 1 aliphatic heterocycles. The first-order chi connectivity index (χ1) is 11.4. The van der Waals surface area contributed by atoms with Crippen molar-refractivity contribution in [3.8, 4) is 0 Å². The molecule has 0 bridgehead atoms. The third-order valence-electron chi connectivity index (χ3n) is 4.16. The van der Waals surface area contributed by atoms with Crippen LogP contribution in [0, 0.1) is 17.0 Å². The number of amides is 2. The second-order valence-electron chi connectivity index (χ2n) is 5.56. The van der Waals surface area contributed by atoms with Crippen LogP contribution >= 0.6 is 11.8 Å². The van der Waals surface area contributed by atoms with E-state index in [1.807, 2.05) is 13.8 Å². The van der Waals surface area contributed by atoms with Crippen LogP contribution in [-0.4, -0.2) is 57.3 Å². The molecule has 24 heavy (non-hydrogen) atoms. The molecule has 1 saturated heterocycles. The highest BCUT2D eigenvalue weighted by Gasteiger charge is 2.37. The lowest BCUT2D eigenvalue weighted by atomic mass is 10.1. The minimum atomic E-state index is -0.511. The van der Waals surface area contributed by atoms with Gasteiger partial charge in [-0.25, -0.2) is 0 Å². The van der Waals surface area contributed by atoms with Gasteiger partial charge < -0.3 is 9.80 Å². The number of hydrogen-bond donors (Lipinski definition) is 0. The highest BCUT2D eigenvalue weighted by Crippen LogP contribution is 2.26. The van der Waals surface area contributed by atoms with Crippen LogP contribution in [0.2, 0.25) is 0 Å². The monoisotopic (exact) mass is 351 g/mol. The number of aryl methyl sites for hydroxylation is 1. The molecule has 8 heteroatoms. The summed E-state index contributed by atoms with van der Waals surface area (Å²) in [5.41, 5.74) is 0.662. The number of benzene rings is 1. The molecular formula is C16H21N3O4S. The molecule has 0 radical (unpaired) electrons. The standard InChI is InChI=1S/C16H21N3O4S/c1-4-17(5-2)16(21)14-9-24-10-18(14)15(20)12-7-6-11(3)13(8-12)19(22)23/h6-8,14H,4-5,9-10H2,1-3H3. The number of nitrogens with zero attached hydrogens (tertiary/aromatic N) is 3. The van der Waals surface area contributed by atoms with Gasteiger partial charge in [0.25, 0.3) is 11.6 Å². The lowest BCUT2D eigenvalue weighted by Crippen LogP contribution is -2.48. The Morgan fingerprint density at radius 1 is 1.38 bits per heavy atom. The number of rotatable bonds is 5. The second kappa shape index (κ2) is 7.65. The molecule has 1 aromatic carbocycles. The van der Waals surface area contributed by atoms with Crippen LogP contribution in [0.5, 0.6) is 0 Å². The average Bonchev–Trinajstić information content (AvgIpc) is 3.04. The molecule has 1 fully saturated rings. The zero-order valence-corrected chi connectivity index (χ0v) is 14.8. The summed E-state index contributed by atoms with van der Waals surface area (Å²) in [7, 11) is 0. The van der Waals surface area contributed by atoms with Crippen molar-refractivity contribution < 1.29 is 14.5 Å². The number of nitro groups is 1. The number of hydrogen-bond acceptors (Lipinski definition) is 5. The summed E-state index contributed by atoms with van der Waals surface area (Å²) in [5, 5.41) is 11.1. The summed E-state index contributed by atoms with van der Waals surface area (Å²) in [6.07, 6.45) is 0. The van der Waals surface area contributed by atoms with Gasteiger partial charge in [0, 0.05) is 36.0 Å². The van der Waals surface area contributed by atoms with Gasteiger partial charge in [0.15, 0.2) is 0 Å². The molecule has 1 atom stereocenters. The molecule has 0 N–H and O–H groups in total. The summed E-state index contributed by atoms with van der Waals surface area (Å²) in [4.78, 5) is 39.2. The number of likely N-dealkylation sites (N-methyl/N-ethyl adjacent to an activating group) is 1. The van der Waals surface area contributed by atoms with Gasteiger partial charge in [-0.05, 0) is 26.8 Å². The van der Waals surface area contributed by atoms with Gasteiger partial charge in [0.1, 0.15) is 6.04 Å². The van der Waals surface area contributed by atoms with Gasteiger partial charge in [-0.2, -0.15) is 0 Å². The Kier molecular flexibility index (Phi) is 5.82. The molecule has 1 aliphatic rings. The molecular weight excluding hydrogens is 330 g/mol. The van der Waals surface area contributed by atoms with Gasteiger partial charge in [0.2, 0.25) is 5.91 Å². The molecule has 130 valence electrons. The first-order valence-electron chi connectivity index (χ1n) is 7.83. The van der Waals surface area contributed by atoms with Gasteiger partial charge in [0.05, 0.1) is 10.8 Å². The fraction of sp³-hybridized carbons (Fsp3) is 0.500. The Balaban J connectivity index is 2.27. The van der Waals surface area contributed by atoms with E-state index in [-0.39, 0.29) is 23.1 Å². The van der Waals surface area contributed by atoms with E-state index >= 15 is 0 Å². The van der Waals surface area contributed by atoms with Crippen molar-refractivity contribution in [2.24, 2.45) is 0 Å². The molecule has 2 amide bonds. The predicted molar refractivity (Wildman–Crippen MR) is 93.0 cm³/mol. The summed E-state index contributed by atoms with van der Waals surface area (Å²) >= 11 is 1.52. The van der Waals surface area contributed by atoms with Crippen molar-refractivity contribution in [3.63, 3.8) is 0 Å². The Morgan fingerprint density at radius 2 is 2.04 bits per heavy atom. The summed E-state index contributed by atoms with van der Waals surface area (Å²) < 4.78 is 0. The van der Waals surface area contributed by atoms with Crippen molar-refractivity contribution in [2.75, 3.05) is 24.7 Å². The van der Waals surface area contributed by atoms with Crippen molar-refractivity contribution in [1.29, 1.82) is 0 Å². The minimum absolute atomic E-state index is 0.0695. The molecule has 0 aliphatic carbocycles. The van der Waals surface area contributed by atoms with Crippen LogP contribution in [0.4, 0.5) is 5.69 Å². The van der Waals surface area contributed by atoms with Gasteiger partial charge in [-0.3, -0.25) is 19.7 Å². The SMILES string of the molecule is CCN(CC)C(=O)C1CSCN1C(=O)c1ccc(C)c([N+](=O)[O-])c1. The first kappa shape index (κ1) is 18.3. The topological polar surface area (TPSA) is 83.8 Å². The summed E-state index contributed by atoms with van der Waals surface area (Å²) in [5.74, 6) is 0.557. The van der Waals surface area contributed by atoms with E-state index in [1.165, 1.54) is 22.7 Å². The third-order valence-corrected chi connectivity index (χ3v) is 5.17. The fourth-order valence-corrected chi connectivity index (χ4v) is 3.84. The van der Waals surface area contributed by atoms with E-state index in [9.17, 15) is 19.7 Å². The second-order valence-corrected chi connectivity index (χ2v) is 6.56. The molecule has 1 heterocycles. The maximum absolute atomic E-state index is 12.8. The van der Waals surface area contributed by atoms with Crippen molar-refractivity contribution >= 4 is 29.3 Å². The van der Waals surface area contributed by atoms with Crippen molar-refractivity contribution in [1.82, 2.24) is 9.80 Å². The maximum atomic E-state index is 12.8. The number of thioether (sulfide) groups is 1. The number of carbonyl (C=O) groups excluding carboxylic acids is 2. The van der Waals surface area contributed by atoms with Crippen LogP contribution in [-0.2, 0) is 4.79 Å². The Hall–Kier alpha value is -2.09. The van der Waals surface area contributed by atoms with E-state index in [4.69, 9.17) is 0 Å².